The van der Waals surface area contributed by atoms with Crippen molar-refractivity contribution in [1.82, 2.24) is 20.0 Å². The zero-order valence-corrected chi connectivity index (χ0v) is 13.0. The van der Waals surface area contributed by atoms with Gasteiger partial charge in [0.05, 0.1) is 5.56 Å². The van der Waals surface area contributed by atoms with Gasteiger partial charge >= 0.3 is 6.18 Å². The van der Waals surface area contributed by atoms with Gasteiger partial charge in [0.25, 0.3) is 11.1 Å². The van der Waals surface area contributed by atoms with Crippen LogP contribution >= 0.6 is 11.8 Å². The van der Waals surface area contributed by atoms with Gasteiger partial charge in [-0.15, -0.1) is 10.2 Å². The van der Waals surface area contributed by atoms with E-state index in [1.54, 1.807) is 18.2 Å². The first kappa shape index (κ1) is 16.5. The van der Waals surface area contributed by atoms with E-state index >= 15 is 0 Å². The molecule has 0 saturated heterocycles. The van der Waals surface area contributed by atoms with E-state index in [4.69, 9.17) is 4.42 Å². The highest BCUT2D eigenvalue weighted by atomic mass is 32.2. The smallest absolute Gasteiger partial charge is 0.411 e. The molecule has 5 nitrogen and oxygen atoms in total. The minimum absolute atomic E-state index is 0.0465. The van der Waals surface area contributed by atoms with Gasteiger partial charge in [0.15, 0.2) is 5.69 Å². The first-order valence-corrected chi connectivity index (χ1v) is 7.64. The molecule has 0 unspecified atom stereocenters. The van der Waals surface area contributed by atoms with Gasteiger partial charge in [-0.2, -0.15) is 18.3 Å². The number of aryl methyl sites for hydroxylation is 1. The maximum atomic E-state index is 13.5. The van der Waals surface area contributed by atoms with E-state index in [0.29, 0.717) is 5.56 Å². The summed E-state index contributed by atoms with van der Waals surface area (Å²) in [6.07, 6.45) is -3.48. The Morgan fingerprint density at radius 2 is 1.96 bits per heavy atom. The fourth-order valence-electron chi connectivity index (χ4n) is 1.99. The maximum absolute atomic E-state index is 13.5. The number of hydrogen-bond acceptors (Lipinski definition) is 5. The zero-order chi connectivity index (χ0) is 17.3. The Hall–Kier alpha value is -2.36. The average Bonchev–Trinajstić information content (AvgIpc) is 3.12. The molecule has 0 aliphatic carbocycles. The second-order valence-electron chi connectivity index (χ2n) is 4.82. The molecular weight excluding hydrogens is 348 g/mol. The predicted octanol–water partition coefficient (Wildman–Crippen LogP) is 3.92. The summed E-state index contributed by atoms with van der Waals surface area (Å²) in [5.74, 6) is -0.448. The molecule has 24 heavy (non-hydrogen) atoms. The third-order valence-corrected chi connectivity index (χ3v) is 3.91. The van der Waals surface area contributed by atoms with Crippen molar-refractivity contribution in [2.45, 2.75) is 17.2 Å². The Balaban J connectivity index is 1.81. The monoisotopic (exact) mass is 358 g/mol. The van der Waals surface area contributed by atoms with Gasteiger partial charge in [0, 0.05) is 19.0 Å². The Labute approximate surface area is 137 Å². The maximum Gasteiger partial charge on any atom is 0.435 e. The SMILES string of the molecule is Cn1cc(-c2nnc(SCc3ccccc3F)o2)c(C(F)(F)F)n1. The van der Waals surface area contributed by atoms with Crippen molar-refractivity contribution in [3.05, 3.63) is 47.5 Å². The molecule has 1 aromatic carbocycles. The lowest BCUT2D eigenvalue weighted by molar-refractivity contribution is -0.141. The highest BCUT2D eigenvalue weighted by Crippen LogP contribution is 2.36. The fourth-order valence-corrected chi connectivity index (χ4v) is 2.74. The van der Waals surface area contributed by atoms with Crippen LogP contribution in [0.15, 0.2) is 40.1 Å². The van der Waals surface area contributed by atoms with E-state index in [1.807, 2.05) is 0 Å². The van der Waals surface area contributed by atoms with Gasteiger partial charge in [-0.25, -0.2) is 4.39 Å². The number of aromatic nitrogens is 4. The van der Waals surface area contributed by atoms with Crippen molar-refractivity contribution in [1.29, 1.82) is 0 Å². The van der Waals surface area contributed by atoms with E-state index in [2.05, 4.69) is 15.3 Å². The van der Waals surface area contributed by atoms with E-state index < -0.39 is 11.9 Å². The normalized spacial score (nSPS) is 11.9. The van der Waals surface area contributed by atoms with E-state index in [9.17, 15) is 17.6 Å². The number of thioether (sulfide) groups is 1. The lowest BCUT2D eigenvalue weighted by Gasteiger charge is -2.02. The van der Waals surface area contributed by atoms with Crippen LogP contribution in [0.4, 0.5) is 17.6 Å². The summed E-state index contributed by atoms with van der Waals surface area (Å²) in [7, 11) is 1.36. The Bertz CT molecular complexity index is 859. The molecule has 2 aromatic heterocycles. The Kier molecular flexibility index (Phi) is 4.31. The summed E-state index contributed by atoms with van der Waals surface area (Å²) < 4.78 is 58.7. The molecule has 3 aromatic rings. The van der Waals surface area contributed by atoms with E-state index in [0.717, 1.165) is 22.6 Å². The molecule has 0 N–H and O–H groups in total. The van der Waals surface area contributed by atoms with Gasteiger partial charge in [-0.1, -0.05) is 30.0 Å². The summed E-state index contributed by atoms with van der Waals surface area (Å²) in [6, 6.07) is 6.17. The predicted molar refractivity (Wildman–Crippen MR) is 77.5 cm³/mol. The van der Waals surface area contributed by atoms with Crippen molar-refractivity contribution in [2.75, 3.05) is 0 Å². The second-order valence-corrected chi connectivity index (χ2v) is 5.74. The largest absolute Gasteiger partial charge is 0.435 e. The summed E-state index contributed by atoms with van der Waals surface area (Å²) in [6.45, 7) is 0. The van der Waals surface area contributed by atoms with Crippen LogP contribution in [0.5, 0.6) is 0 Å². The fraction of sp³-hybridized carbons (Fsp3) is 0.214. The zero-order valence-electron chi connectivity index (χ0n) is 12.2. The molecule has 0 aliphatic heterocycles. The molecule has 3 rings (SSSR count). The molecule has 0 spiro atoms. The van der Waals surface area contributed by atoms with Crippen LogP contribution in [0.25, 0.3) is 11.5 Å². The van der Waals surface area contributed by atoms with E-state index in [1.165, 1.54) is 13.1 Å². The highest BCUT2D eigenvalue weighted by Gasteiger charge is 2.38. The first-order chi connectivity index (χ1) is 11.3. The topological polar surface area (TPSA) is 56.7 Å². The summed E-state index contributed by atoms with van der Waals surface area (Å²) >= 11 is 1.03. The van der Waals surface area contributed by atoms with Gasteiger partial charge in [-0.05, 0) is 11.6 Å². The van der Waals surface area contributed by atoms with Crippen LogP contribution in [0.1, 0.15) is 11.3 Å². The lowest BCUT2D eigenvalue weighted by atomic mass is 10.2. The molecule has 0 atom stereocenters. The number of nitrogens with zero attached hydrogens (tertiary/aromatic N) is 4. The first-order valence-electron chi connectivity index (χ1n) is 6.65. The molecular formula is C14H10F4N4OS. The van der Waals surface area contributed by atoms with Crippen molar-refractivity contribution in [2.24, 2.45) is 7.05 Å². The third kappa shape index (κ3) is 3.42. The number of alkyl halides is 3. The molecule has 2 heterocycles. The van der Waals surface area contributed by atoms with Crippen LogP contribution in [0.2, 0.25) is 0 Å². The highest BCUT2D eigenvalue weighted by molar-refractivity contribution is 7.98. The minimum Gasteiger partial charge on any atom is -0.411 e. The molecule has 0 fully saturated rings. The standard InChI is InChI=1S/C14H10F4N4OS/c1-22-6-9(11(21-22)14(16,17)18)12-19-20-13(23-12)24-7-8-4-2-3-5-10(8)15/h2-6H,7H2,1H3. The minimum atomic E-state index is -4.63. The molecule has 0 amide bonds. The van der Waals surface area contributed by atoms with Crippen LogP contribution in [-0.2, 0) is 19.0 Å². The molecule has 0 saturated carbocycles. The molecule has 0 aliphatic rings. The van der Waals surface area contributed by atoms with Gasteiger partial charge < -0.3 is 4.42 Å². The van der Waals surface area contributed by atoms with E-state index in [-0.39, 0.29) is 28.2 Å². The van der Waals surface area contributed by atoms with Crippen molar-refractivity contribution in [3.63, 3.8) is 0 Å². The third-order valence-electron chi connectivity index (χ3n) is 3.04. The summed E-state index contributed by atoms with van der Waals surface area (Å²) in [5, 5.41) is 10.7. The number of rotatable bonds is 4. The molecule has 10 heteroatoms. The van der Waals surface area contributed by atoms with Crippen LogP contribution in [-0.4, -0.2) is 20.0 Å². The average molecular weight is 358 g/mol. The number of hydrogen-bond donors (Lipinski definition) is 0. The lowest BCUT2D eigenvalue weighted by Crippen LogP contribution is -2.08. The van der Waals surface area contributed by atoms with Crippen LogP contribution in [0.3, 0.4) is 0 Å². The molecule has 126 valence electrons. The number of benzene rings is 1. The summed E-state index contributed by atoms with van der Waals surface area (Å²) in [4.78, 5) is 0. The molecule has 0 radical (unpaired) electrons. The van der Waals surface area contributed by atoms with Crippen LogP contribution in [0, 0.1) is 5.82 Å². The number of halogens is 4. The van der Waals surface area contributed by atoms with Gasteiger partial charge in [0.2, 0.25) is 0 Å². The van der Waals surface area contributed by atoms with Crippen molar-refractivity contribution < 1.29 is 22.0 Å². The van der Waals surface area contributed by atoms with Crippen LogP contribution < -0.4 is 0 Å². The van der Waals surface area contributed by atoms with Gasteiger partial charge in [-0.3, -0.25) is 4.68 Å². The van der Waals surface area contributed by atoms with Gasteiger partial charge in [0.1, 0.15) is 5.82 Å². The Morgan fingerprint density at radius 1 is 1.21 bits per heavy atom. The summed E-state index contributed by atoms with van der Waals surface area (Å²) in [5.41, 5.74) is -0.964. The molecule has 0 bridgehead atoms. The van der Waals surface area contributed by atoms with Crippen molar-refractivity contribution >= 4 is 11.8 Å². The quantitative estimate of drug-likeness (QED) is 0.523. The Morgan fingerprint density at radius 3 is 2.67 bits per heavy atom. The second kappa shape index (κ2) is 6.27. The van der Waals surface area contributed by atoms with Crippen molar-refractivity contribution in [3.8, 4) is 11.5 Å².